The molecule has 2 aromatic rings. The van der Waals surface area contributed by atoms with Crippen molar-refractivity contribution in [1.82, 2.24) is 5.01 Å². The molecule has 1 spiro atoms. The summed E-state index contributed by atoms with van der Waals surface area (Å²) in [5, 5.41) is 17.2. The van der Waals surface area contributed by atoms with E-state index in [0.29, 0.717) is 34.0 Å². The molecule has 0 radical (unpaired) electrons. The summed E-state index contributed by atoms with van der Waals surface area (Å²) in [5.41, 5.74) is 0.962. The molecule has 2 aromatic carbocycles. The Morgan fingerprint density at radius 3 is 2.77 bits per heavy atom. The molecule has 2 N–H and O–H groups in total. The standard InChI is InChI=1S/C21H15N3O6/c25-18(7-8-19(26)27)24-21(13-3-1-2-4-14(13)22-20(21)28)10-15(23-24)12-5-6-16-17(9-12)30-11-29-16/h1-9H,10-11H2,(H,22,28)(H,26,27)/b8-7-/t21-/m0/s1. The second kappa shape index (κ2) is 6.45. The van der Waals surface area contributed by atoms with Gasteiger partial charge in [-0.1, -0.05) is 18.2 Å². The molecule has 0 saturated heterocycles. The number of carboxylic acid groups (broad SMARTS) is 1. The third-order valence-corrected chi connectivity index (χ3v) is 5.29. The van der Waals surface area contributed by atoms with Crippen LogP contribution in [0.25, 0.3) is 0 Å². The lowest BCUT2D eigenvalue weighted by Crippen LogP contribution is -2.48. The zero-order valence-electron chi connectivity index (χ0n) is 15.5. The number of fused-ring (bicyclic) bond motifs is 3. The second-order valence-electron chi connectivity index (χ2n) is 6.97. The summed E-state index contributed by atoms with van der Waals surface area (Å²) >= 11 is 0. The molecule has 9 heteroatoms. The highest BCUT2D eigenvalue weighted by atomic mass is 16.7. The number of amides is 2. The first-order valence-electron chi connectivity index (χ1n) is 9.13. The lowest BCUT2D eigenvalue weighted by Gasteiger charge is -2.29. The summed E-state index contributed by atoms with van der Waals surface area (Å²) in [6, 6.07) is 12.3. The third-order valence-electron chi connectivity index (χ3n) is 5.29. The Bertz CT molecular complexity index is 1170. The number of benzene rings is 2. The number of aliphatic carboxylic acids is 1. The van der Waals surface area contributed by atoms with Gasteiger partial charge >= 0.3 is 5.97 Å². The highest BCUT2D eigenvalue weighted by Gasteiger charge is 2.57. The van der Waals surface area contributed by atoms with Crippen molar-refractivity contribution < 1.29 is 29.0 Å². The molecule has 30 heavy (non-hydrogen) atoms. The number of hydrogen-bond donors (Lipinski definition) is 2. The van der Waals surface area contributed by atoms with E-state index in [-0.39, 0.29) is 13.2 Å². The average Bonchev–Trinajstić information content (AvgIpc) is 3.43. The first-order valence-corrected chi connectivity index (χ1v) is 9.13. The van der Waals surface area contributed by atoms with Crippen LogP contribution in [0.4, 0.5) is 5.69 Å². The van der Waals surface area contributed by atoms with Crippen molar-refractivity contribution in [3.8, 4) is 11.5 Å². The van der Waals surface area contributed by atoms with Gasteiger partial charge in [-0.15, -0.1) is 0 Å². The SMILES string of the molecule is O=C(O)/C=C\C(=O)N1N=C(c2ccc3c(c2)OCO3)C[C@]12C(=O)Nc1ccccc12. The van der Waals surface area contributed by atoms with E-state index in [9.17, 15) is 14.4 Å². The Kier molecular flexibility index (Phi) is 3.85. The summed E-state index contributed by atoms with van der Waals surface area (Å²) in [6.07, 6.45) is 1.75. The zero-order chi connectivity index (χ0) is 20.9. The van der Waals surface area contributed by atoms with E-state index >= 15 is 0 Å². The summed E-state index contributed by atoms with van der Waals surface area (Å²) in [6.45, 7) is 0.121. The molecule has 0 aliphatic carbocycles. The molecular formula is C21H15N3O6. The lowest BCUT2D eigenvalue weighted by molar-refractivity contribution is -0.140. The lowest BCUT2D eigenvalue weighted by atomic mass is 9.85. The van der Waals surface area contributed by atoms with Gasteiger partial charge in [0, 0.05) is 35.4 Å². The minimum Gasteiger partial charge on any atom is -0.478 e. The molecule has 3 aliphatic rings. The zero-order valence-corrected chi connectivity index (χ0v) is 15.5. The predicted molar refractivity (Wildman–Crippen MR) is 104 cm³/mol. The number of ether oxygens (including phenoxy) is 2. The molecule has 0 saturated carbocycles. The van der Waals surface area contributed by atoms with E-state index in [1.165, 1.54) is 0 Å². The fourth-order valence-electron chi connectivity index (χ4n) is 3.93. The molecule has 2 amide bonds. The second-order valence-corrected chi connectivity index (χ2v) is 6.97. The van der Waals surface area contributed by atoms with Crippen LogP contribution in [-0.4, -0.2) is 40.4 Å². The maximum Gasteiger partial charge on any atom is 0.328 e. The van der Waals surface area contributed by atoms with Crippen LogP contribution in [0.15, 0.2) is 59.7 Å². The Morgan fingerprint density at radius 2 is 1.93 bits per heavy atom. The molecular weight excluding hydrogens is 390 g/mol. The molecule has 5 rings (SSSR count). The van der Waals surface area contributed by atoms with E-state index in [1.807, 2.05) is 0 Å². The van der Waals surface area contributed by atoms with Gasteiger partial charge in [-0.2, -0.15) is 5.10 Å². The molecule has 1 atom stereocenters. The van der Waals surface area contributed by atoms with E-state index in [1.54, 1.807) is 42.5 Å². The largest absolute Gasteiger partial charge is 0.478 e. The number of carbonyl (C=O) groups is 3. The van der Waals surface area contributed by atoms with Crippen molar-refractivity contribution in [3.63, 3.8) is 0 Å². The van der Waals surface area contributed by atoms with Gasteiger partial charge in [0.15, 0.2) is 17.0 Å². The van der Waals surface area contributed by atoms with Gasteiger partial charge in [-0.25, -0.2) is 9.80 Å². The van der Waals surface area contributed by atoms with Crippen molar-refractivity contribution in [2.75, 3.05) is 12.1 Å². The number of hydrazone groups is 1. The summed E-state index contributed by atoms with van der Waals surface area (Å²) in [4.78, 5) is 36.9. The molecule has 9 nitrogen and oxygen atoms in total. The number of nitrogens with zero attached hydrogens (tertiary/aromatic N) is 2. The van der Waals surface area contributed by atoms with Crippen LogP contribution in [0.1, 0.15) is 17.5 Å². The van der Waals surface area contributed by atoms with Crippen LogP contribution in [0.3, 0.4) is 0 Å². The van der Waals surface area contributed by atoms with Crippen molar-refractivity contribution >= 4 is 29.2 Å². The Hall–Kier alpha value is -4.14. The van der Waals surface area contributed by atoms with E-state index in [2.05, 4.69) is 10.4 Å². The Labute approximate surface area is 170 Å². The number of hydrogen-bond acceptors (Lipinski definition) is 6. The fourth-order valence-corrected chi connectivity index (χ4v) is 3.93. The van der Waals surface area contributed by atoms with Gasteiger partial charge in [0.1, 0.15) is 0 Å². The summed E-state index contributed by atoms with van der Waals surface area (Å²) < 4.78 is 10.7. The maximum atomic E-state index is 13.1. The number of carboxylic acids is 1. The third kappa shape index (κ3) is 2.55. The van der Waals surface area contributed by atoms with Gasteiger partial charge < -0.3 is 19.9 Å². The topological polar surface area (TPSA) is 118 Å². The maximum absolute atomic E-state index is 13.1. The van der Waals surface area contributed by atoms with Crippen molar-refractivity contribution in [2.24, 2.45) is 5.10 Å². The van der Waals surface area contributed by atoms with Crippen molar-refractivity contribution in [1.29, 1.82) is 0 Å². The molecule has 150 valence electrons. The quantitative estimate of drug-likeness (QED) is 0.753. The minimum absolute atomic E-state index is 0.121. The van der Waals surface area contributed by atoms with Crippen LogP contribution in [0.2, 0.25) is 0 Å². The van der Waals surface area contributed by atoms with Crippen molar-refractivity contribution in [3.05, 3.63) is 65.7 Å². The van der Waals surface area contributed by atoms with E-state index in [0.717, 1.165) is 17.2 Å². The van der Waals surface area contributed by atoms with Gasteiger partial charge in [0.2, 0.25) is 6.79 Å². The van der Waals surface area contributed by atoms with Crippen LogP contribution in [-0.2, 0) is 19.9 Å². The summed E-state index contributed by atoms with van der Waals surface area (Å²) in [5.74, 6) is -1.22. The van der Waals surface area contributed by atoms with Crippen LogP contribution in [0.5, 0.6) is 11.5 Å². The Morgan fingerprint density at radius 1 is 1.13 bits per heavy atom. The number of nitrogens with one attached hydrogen (secondary N) is 1. The average molecular weight is 405 g/mol. The molecule has 0 aromatic heterocycles. The molecule has 0 fully saturated rings. The summed E-state index contributed by atoms with van der Waals surface area (Å²) in [7, 11) is 0. The number of anilines is 1. The predicted octanol–water partition coefficient (Wildman–Crippen LogP) is 1.84. The minimum atomic E-state index is -1.40. The smallest absolute Gasteiger partial charge is 0.328 e. The monoisotopic (exact) mass is 405 g/mol. The number of rotatable bonds is 3. The van der Waals surface area contributed by atoms with Crippen LogP contribution in [0, 0.1) is 0 Å². The highest BCUT2D eigenvalue weighted by Crippen LogP contribution is 2.47. The Balaban J connectivity index is 1.62. The molecule has 0 bridgehead atoms. The molecule has 3 heterocycles. The van der Waals surface area contributed by atoms with Gasteiger partial charge in [-0.05, 0) is 24.3 Å². The van der Waals surface area contributed by atoms with Crippen LogP contribution < -0.4 is 14.8 Å². The van der Waals surface area contributed by atoms with Crippen molar-refractivity contribution in [2.45, 2.75) is 12.0 Å². The number of carbonyl (C=O) groups excluding carboxylic acids is 2. The van der Waals surface area contributed by atoms with Gasteiger partial charge in [-0.3, -0.25) is 9.59 Å². The van der Waals surface area contributed by atoms with E-state index in [4.69, 9.17) is 14.6 Å². The van der Waals surface area contributed by atoms with E-state index < -0.39 is 23.3 Å². The van der Waals surface area contributed by atoms with Gasteiger partial charge in [0.05, 0.1) is 5.71 Å². The fraction of sp³-hybridized carbons (Fsp3) is 0.143. The van der Waals surface area contributed by atoms with Gasteiger partial charge in [0.25, 0.3) is 11.8 Å². The number of para-hydroxylation sites is 1. The first-order chi connectivity index (χ1) is 14.5. The molecule has 3 aliphatic heterocycles. The van der Waals surface area contributed by atoms with Crippen LogP contribution >= 0.6 is 0 Å². The highest BCUT2D eigenvalue weighted by molar-refractivity contribution is 6.16. The normalized spacial score (nSPS) is 21.1. The first kappa shape index (κ1) is 17.9. The molecule has 0 unspecified atom stereocenters.